The molecule has 0 saturated heterocycles. The Bertz CT molecular complexity index is 355. The Morgan fingerprint density at radius 3 is 2.35 bits per heavy atom. The summed E-state index contributed by atoms with van der Waals surface area (Å²) in [6, 6.07) is -2.63. The molecule has 0 aromatic carbocycles. The summed E-state index contributed by atoms with van der Waals surface area (Å²) in [5, 5.41) is 13.6. The van der Waals surface area contributed by atoms with Gasteiger partial charge in [-0.2, -0.15) is 24.4 Å². The number of carbonyl (C=O) groups is 3. The van der Waals surface area contributed by atoms with Gasteiger partial charge >= 0.3 is 5.97 Å². The Labute approximate surface area is 127 Å². The van der Waals surface area contributed by atoms with E-state index >= 15 is 0 Å². The molecule has 0 aliphatic carbocycles. The molecule has 0 heterocycles. The van der Waals surface area contributed by atoms with Crippen molar-refractivity contribution in [2.24, 2.45) is 5.73 Å². The van der Waals surface area contributed by atoms with Crippen LogP contribution in [0.5, 0.6) is 0 Å². The standard InChI is InChI=1S/C11H21N3O4S2/c1-6(11(17)18)13-10(16)8(3-4-20-2)14-9(15)7(12)5-19/h6-8,19H,3-5,12H2,1-2H3,(H,13,16)(H,14,15)(H,17,18). The molecular weight excluding hydrogens is 302 g/mol. The van der Waals surface area contributed by atoms with Crippen molar-refractivity contribution in [3.8, 4) is 0 Å². The molecule has 0 saturated carbocycles. The van der Waals surface area contributed by atoms with Crippen LogP contribution in [0.4, 0.5) is 0 Å². The number of carbonyl (C=O) groups excluding carboxylic acids is 2. The lowest BCUT2D eigenvalue weighted by Gasteiger charge is -2.21. The zero-order valence-electron chi connectivity index (χ0n) is 11.5. The van der Waals surface area contributed by atoms with E-state index < -0.39 is 35.9 Å². The summed E-state index contributed by atoms with van der Waals surface area (Å²) in [5.41, 5.74) is 5.52. The van der Waals surface area contributed by atoms with Crippen LogP contribution in [0.15, 0.2) is 0 Å². The van der Waals surface area contributed by atoms with Gasteiger partial charge in [-0.3, -0.25) is 14.4 Å². The summed E-state index contributed by atoms with van der Waals surface area (Å²) in [5.74, 6) is -1.34. The van der Waals surface area contributed by atoms with Crippen LogP contribution in [0.3, 0.4) is 0 Å². The molecule has 0 aromatic heterocycles. The fourth-order valence-corrected chi connectivity index (χ4v) is 1.88. The zero-order chi connectivity index (χ0) is 15.7. The van der Waals surface area contributed by atoms with Gasteiger partial charge in [-0.05, 0) is 25.4 Å². The molecule has 3 atom stereocenters. The largest absolute Gasteiger partial charge is 0.480 e. The summed E-state index contributed by atoms with van der Waals surface area (Å²) < 4.78 is 0. The van der Waals surface area contributed by atoms with Gasteiger partial charge in [0.05, 0.1) is 6.04 Å². The molecule has 0 aliphatic rings. The molecule has 0 radical (unpaired) electrons. The van der Waals surface area contributed by atoms with Crippen molar-refractivity contribution in [3.05, 3.63) is 0 Å². The molecule has 20 heavy (non-hydrogen) atoms. The van der Waals surface area contributed by atoms with Crippen LogP contribution in [0.2, 0.25) is 0 Å². The topological polar surface area (TPSA) is 122 Å². The van der Waals surface area contributed by atoms with Crippen molar-refractivity contribution >= 4 is 42.2 Å². The summed E-state index contributed by atoms with van der Waals surface area (Å²) in [7, 11) is 0. The molecule has 7 nitrogen and oxygen atoms in total. The van der Waals surface area contributed by atoms with Gasteiger partial charge < -0.3 is 21.5 Å². The van der Waals surface area contributed by atoms with E-state index in [9.17, 15) is 14.4 Å². The predicted octanol–water partition coefficient (Wildman–Crippen LogP) is -0.929. The second-order valence-electron chi connectivity index (χ2n) is 4.20. The normalized spacial score (nSPS) is 15.0. The molecule has 0 aliphatic heterocycles. The van der Waals surface area contributed by atoms with Crippen LogP contribution >= 0.6 is 24.4 Å². The third-order valence-corrected chi connectivity index (χ3v) is 3.54. The van der Waals surface area contributed by atoms with Gasteiger partial charge in [0.25, 0.3) is 0 Å². The van der Waals surface area contributed by atoms with Crippen molar-refractivity contribution < 1.29 is 19.5 Å². The molecule has 116 valence electrons. The van der Waals surface area contributed by atoms with E-state index in [0.717, 1.165) is 0 Å². The number of nitrogens with one attached hydrogen (secondary N) is 2. The Balaban J connectivity index is 4.65. The van der Waals surface area contributed by atoms with Crippen molar-refractivity contribution in [2.75, 3.05) is 17.8 Å². The number of thioether (sulfide) groups is 1. The number of aliphatic carboxylic acids is 1. The Morgan fingerprint density at radius 1 is 1.30 bits per heavy atom. The van der Waals surface area contributed by atoms with E-state index in [-0.39, 0.29) is 5.75 Å². The van der Waals surface area contributed by atoms with E-state index in [4.69, 9.17) is 10.8 Å². The first-order chi connectivity index (χ1) is 9.33. The maximum atomic E-state index is 12.0. The molecule has 0 fully saturated rings. The maximum absolute atomic E-state index is 12.0. The van der Waals surface area contributed by atoms with Gasteiger partial charge in [0.2, 0.25) is 11.8 Å². The number of amides is 2. The Hall–Kier alpha value is -0.930. The highest BCUT2D eigenvalue weighted by atomic mass is 32.2. The van der Waals surface area contributed by atoms with Gasteiger partial charge in [-0.15, -0.1) is 0 Å². The van der Waals surface area contributed by atoms with Crippen LogP contribution in [0.25, 0.3) is 0 Å². The van der Waals surface area contributed by atoms with Gasteiger partial charge in [-0.25, -0.2) is 0 Å². The van der Waals surface area contributed by atoms with E-state index in [1.807, 2.05) is 6.26 Å². The Kier molecular flexibility index (Phi) is 9.43. The molecule has 9 heteroatoms. The highest BCUT2D eigenvalue weighted by molar-refractivity contribution is 7.98. The molecule has 0 bridgehead atoms. The lowest BCUT2D eigenvalue weighted by Crippen LogP contribution is -2.54. The number of rotatable bonds is 9. The first-order valence-corrected chi connectivity index (χ1v) is 8.05. The molecule has 2 amide bonds. The predicted molar refractivity (Wildman–Crippen MR) is 82.0 cm³/mol. The number of carboxylic acids is 1. The van der Waals surface area contributed by atoms with E-state index in [2.05, 4.69) is 23.3 Å². The lowest BCUT2D eigenvalue weighted by molar-refractivity contribution is -0.141. The highest BCUT2D eigenvalue weighted by Gasteiger charge is 2.25. The SMILES string of the molecule is CSCCC(NC(=O)C(N)CS)C(=O)NC(C)C(=O)O. The lowest BCUT2D eigenvalue weighted by atomic mass is 10.1. The molecule has 0 aromatic rings. The third kappa shape index (κ3) is 7.01. The first-order valence-electron chi connectivity index (χ1n) is 6.02. The number of thiol groups is 1. The smallest absolute Gasteiger partial charge is 0.325 e. The van der Waals surface area contributed by atoms with Crippen LogP contribution in [-0.2, 0) is 14.4 Å². The molecule has 3 unspecified atom stereocenters. The monoisotopic (exact) mass is 323 g/mol. The third-order valence-electron chi connectivity index (χ3n) is 2.51. The molecule has 0 spiro atoms. The van der Waals surface area contributed by atoms with Crippen molar-refractivity contribution in [1.29, 1.82) is 0 Å². The quantitative estimate of drug-likeness (QED) is 0.350. The summed E-state index contributed by atoms with van der Waals surface area (Å²) in [6.45, 7) is 1.35. The Morgan fingerprint density at radius 2 is 1.90 bits per heavy atom. The highest BCUT2D eigenvalue weighted by Crippen LogP contribution is 2.02. The van der Waals surface area contributed by atoms with Crippen LogP contribution < -0.4 is 16.4 Å². The van der Waals surface area contributed by atoms with E-state index in [1.54, 1.807) is 0 Å². The average molecular weight is 323 g/mol. The van der Waals surface area contributed by atoms with Crippen LogP contribution in [0.1, 0.15) is 13.3 Å². The van der Waals surface area contributed by atoms with Gasteiger partial charge in [0.1, 0.15) is 12.1 Å². The van der Waals surface area contributed by atoms with E-state index in [1.165, 1.54) is 18.7 Å². The summed E-state index contributed by atoms with van der Waals surface area (Å²) in [4.78, 5) is 34.3. The minimum Gasteiger partial charge on any atom is -0.480 e. The van der Waals surface area contributed by atoms with Gasteiger partial charge in [0.15, 0.2) is 0 Å². The number of hydrogen-bond acceptors (Lipinski definition) is 6. The molecule has 5 N–H and O–H groups in total. The number of nitrogens with two attached hydrogens (primary N) is 1. The van der Waals surface area contributed by atoms with Crippen molar-refractivity contribution in [3.63, 3.8) is 0 Å². The number of carboxylic acid groups (broad SMARTS) is 1. The fourth-order valence-electron chi connectivity index (χ4n) is 1.24. The summed E-state index contributed by atoms with van der Waals surface area (Å²) in [6.07, 6.45) is 2.26. The van der Waals surface area contributed by atoms with Crippen molar-refractivity contribution in [2.45, 2.75) is 31.5 Å². The molecular formula is C11H21N3O4S2. The minimum atomic E-state index is -1.14. The zero-order valence-corrected chi connectivity index (χ0v) is 13.2. The maximum Gasteiger partial charge on any atom is 0.325 e. The second kappa shape index (κ2) is 9.89. The van der Waals surface area contributed by atoms with E-state index in [0.29, 0.717) is 12.2 Å². The van der Waals surface area contributed by atoms with Crippen molar-refractivity contribution in [1.82, 2.24) is 10.6 Å². The van der Waals surface area contributed by atoms with Crippen LogP contribution in [-0.4, -0.2) is 58.8 Å². The average Bonchev–Trinajstić information content (AvgIpc) is 2.41. The molecule has 0 rings (SSSR count). The summed E-state index contributed by atoms with van der Waals surface area (Å²) >= 11 is 5.43. The first kappa shape index (κ1) is 19.1. The minimum absolute atomic E-state index is 0.161. The van der Waals surface area contributed by atoms with Crippen LogP contribution in [0, 0.1) is 0 Å². The van der Waals surface area contributed by atoms with Gasteiger partial charge in [-0.1, -0.05) is 0 Å². The van der Waals surface area contributed by atoms with Gasteiger partial charge in [0, 0.05) is 5.75 Å². The number of hydrogen-bond donors (Lipinski definition) is 5. The fraction of sp³-hybridized carbons (Fsp3) is 0.727. The second-order valence-corrected chi connectivity index (χ2v) is 5.55.